The summed E-state index contributed by atoms with van der Waals surface area (Å²) in [6.45, 7) is 5.78. The summed E-state index contributed by atoms with van der Waals surface area (Å²) in [7, 11) is 0. The Morgan fingerprint density at radius 1 is 0.958 bits per heavy atom. The van der Waals surface area contributed by atoms with E-state index in [0.717, 1.165) is 22.3 Å². The van der Waals surface area contributed by atoms with Crippen LogP contribution in [0.25, 0.3) is 22.5 Å². The Bertz CT molecular complexity index is 990. The molecule has 0 radical (unpaired) electrons. The molecule has 24 heavy (non-hydrogen) atoms. The summed E-state index contributed by atoms with van der Waals surface area (Å²) in [6.07, 6.45) is 5.40. The van der Waals surface area contributed by atoms with Gasteiger partial charge < -0.3 is 4.74 Å². The number of allylic oxidation sites excluding steroid dienone is 4. The lowest BCUT2D eigenvalue weighted by molar-refractivity contribution is 0.0716. The van der Waals surface area contributed by atoms with Gasteiger partial charge in [0.25, 0.3) is 0 Å². The van der Waals surface area contributed by atoms with E-state index in [-0.39, 0.29) is 11.8 Å². The van der Waals surface area contributed by atoms with Crippen molar-refractivity contribution in [2.45, 2.75) is 6.92 Å². The zero-order chi connectivity index (χ0) is 16.8. The Morgan fingerprint density at radius 2 is 1.75 bits per heavy atom. The molecule has 0 spiro atoms. The molecule has 116 valence electrons. The Balaban J connectivity index is 1.93. The minimum Gasteiger partial charge on any atom is -0.423 e. The van der Waals surface area contributed by atoms with Crippen molar-refractivity contribution in [2.75, 3.05) is 0 Å². The first kappa shape index (κ1) is 14.4. The highest BCUT2D eigenvalue weighted by Crippen LogP contribution is 2.38. The van der Waals surface area contributed by atoms with Gasteiger partial charge >= 0.3 is 5.97 Å². The zero-order valence-corrected chi connectivity index (χ0v) is 13.1. The monoisotopic (exact) mass is 314 g/mol. The van der Waals surface area contributed by atoms with Gasteiger partial charge in [-0.1, -0.05) is 43.0 Å². The van der Waals surface area contributed by atoms with Crippen molar-refractivity contribution < 1.29 is 14.3 Å². The van der Waals surface area contributed by atoms with Gasteiger partial charge in [-0.2, -0.15) is 0 Å². The number of ketones is 1. The average molecular weight is 314 g/mol. The van der Waals surface area contributed by atoms with Crippen molar-refractivity contribution in [1.29, 1.82) is 0 Å². The molecule has 0 saturated carbocycles. The molecule has 4 rings (SSSR count). The van der Waals surface area contributed by atoms with Crippen LogP contribution in [0.5, 0.6) is 0 Å². The third kappa shape index (κ3) is 1.98. The fraction of sp³-hybridized carbons (Fsp3) is 0.0476. The fourth-order valence-electron chi connectivity index (χ4n) is 3.25. The maximum absolute atomic E-state index is 12.3. The number of carbonyl (C=O) groups is 2. The van der Waals surface area contributed by atoms with Gasteiger partial charge in [0.15, 0.2) is 5.78 Å². The summed E-state index contributed by atoms with van der Waals surface area (Å²) >= 11 is 0. The summed E-state index contributed by atoms with van der Waals surface area (Å²) < 4.78 is 5.14. The molecule has 0 unspecified atom stereocenters. The summed E-state index contributed by atoms with van der Waals surface area (Å²) in [5.41, 5.74) is 5.53. The quantitative estimate of drug-likeness (QED) is 0.720. The van der Waals surface area contributed by atoms with Gasteiger partial charge in [-0.25, -0.2) is 4.79 Å². The van der Waals surface area contributed by atoms with Crippen molar-refractivity contribution in [3.63, 3.8) is 0 Å². The van der Waals surface area contributed by atoms with E-state index in [1.54, 1.807) is 12.1 Å². The summed E-state index contributed by atoms with van der Waals surface area (Å²) in [4.78, 5) is 24.1. The molecular weight excluding hydrogens is 300 g/mol. The lowest BCUT2D eigenvalue weighted by atomic mass is 9.87. The van der Waals surface area contributed by atoms with E-state index in [2.05, 4.69) is 6.58 Å². The van der Waals surface area contributed by atoms with Gasteiger partial charge in [-0.15, -0.1) is 0 Å². The average Bonchev–Trinajstić information content (AvgIpc) is 2.90. The van der Waals surface area contributed by atoms with Crippen LogP contribution in [-0.2, 0) is 4.74 Å². The van der Waals surface area contributed by atoms with Crippen molar-refractivity contribution in [3.8, 4) is 11.1 Å². The zero-order valence-electron chi connectivity index (χ0n) is 13.1. The Hall–Kier alpha value is -3.20. The van der Waals surface area contributed by atoms with Gasteiger partial charge in [0.2, 0.25) is 0 Å². The molecule has 0 atom stereocenters. The van der Waals surface area contributed by atoms with Crippen LogP contribution in [0, 0.1) is 0 Å². The first-order valence-electron chi connectivity index (χ1n) is 7.68. The number of fused-ring (bicyclic) bond motifs is 2. The predicted molar refractivity (Wildman–Crippen MR) is 93.4 cm³/mol. The van der Waals surface area contributed by atoms with Gasteiger partial charge in [0, 0.05) is 11.1 Å². The number of ether oxygens (including phenoxy) is 1. The van der Waals surface area contributed by atoms with Gasteiger partial charge in [-0.3, -0.25) is 4.79 Å². The molecule has 2 aliphatic rings. The van der Waals surface area contributed by atoms with Crippen LogP contribution in [0.2, 0.25) is 0 Å². The Kier molecular flexibility index (Phi) is 3.10. The first-order valence-corrected chi connectivity index (χ1v) is 7.68. The second-order valence-electron chi connectivity index (χ2n) is 5.74. The molecule has 3 heteroatoms. The van der Waals surface area contributed by atoms with Crippen LogP contribution in [0.1, 0.15) is 38.8 Å². The second kappa shape index (κ2) is 5.17. The van der Waals surface area contributed by atoms with Gasteiger partial charge in [-0.05, 0) is 47.4 Å². The normalized spacial score (nSPS) is 17.0. The third-order valence-corrected chi connectivity index (χ3v) is 4.41. The predicted octanol–water partition coefficient (Wildman–Crippen LogP) is 4.65. The maximum atomic E-state index is 12.3. The highest BCUT2D eigenvalue weighted by molar-refractivity contribution is 6.13. The number of benzene rings is 2. The van der Waals surface area contributed by atoms with Crippen LogP contribution in [-0.4, -0.2) is 11.8 Å². The van der Waals surface area contributed by atoms with Crippen LogP contribution in [0.4, 0.5) is 0 Å². The molecule has 2 aromatic rings. The topological polar surface area (TPSA) is 43.4 Å². The molecule has 0 saturated heterocycles. The number of esters is 1. The molecule has 1 aliphatic heterocycles. The standard InChI is InChI=1S/C21H14O3/c1-3-13-8-10-19(22)18-11-14(7-9-15(13)18)16-5-4-6-17-20(16)12(2)24-21(17)23/h3-11H,2H2,1H3/b13-3+. The molecule has 1 heterocycles. The van der Waals surface area contributed by atoms with Crippen molar-refractivity contribution in [3.05, 3.63) is 83.5 Å². The fourth-order valence-corrected chi connectivity index (χ4v) is 3.25. The van der Waals surface area contributed by atoms with Gasteiger partial charge in [0.1, 0.15) is 5.76 Å². The molecule has 0 bridgehead atoms. The summed E-state index contributed by atoms with van der Waals surface area (Å²) in [5, 5.41) is 0. The van der Waals surface area contributed by atoms with Crippen LogP contribution >= 0.6 is 0 Å². The van der Waals surface area contributed by atoms with E-state index in [9.17, 15) is 9.59 Å². The highest BCUT2D eigenvalue weighted by Gasteiger charge is 2.28. The van der Waals surface area contributed by atoms with Gasteiger partial charge in [0.05, 0.1) is 5.56 Å². The molecule has 0 fully saturated rings. The minimum absolute atomic E-state index is 0.0174. The largest absolute Gasteiger partial charge is 0.423 e. The molecule has 2 aromatic carbocycles. The van der Waals surface area contributed by atoms with E-state index in [1.165, 1.54) is 0 Å². The molecular formula is C21H14O3. The van der Waals surface area contributed by atoms with E-state index < -0.39 is 0 Å². The second-order valence-corrected chi connectivity index (χ2v) is 5.74. The molecule has 0 amide bonds. The van der Waals surface area contributed by atoms with Crippen LogP contribution in [0.3, 0.4) is 0 Å². The number of cyclic esters (lactones) is 1. The number of hydrogen-bond acceptors (Lipinski definition) is 3. The highest BCUT2D eigenvalue weighted by atomic mass is 16.5. The van der Waals surface area contributed by atoms with E-state index >= 15 is 0 Å². The Labute approximate surface area is 139 Å². The van der Waals surface area contributed by atoms with E-state index in [0.29, 0.717) is 22.4 Å². The molecule has 0 aromatic heterocycles. The van der Waals surface area contributed by atoms with Crippen molar-refractivity contribution in [2.24, 2.45) is 0 Å². The number of carbonyl (C=O) groups excluding carboxylic acids is 2. The third-order valence-electron chi connectivity index (χ3n) is 4.41. The lowest BCUT2D eigenvalue weighted by Crippen LogP contribution is -2.05. The summed E-state index contributed by atoms with van der Waals surface area (Å²) in [5.74, 6) is -0.0510. The molecule has 1 aliphatic carbocycles. The Morgan fingerprint density at radius 3 is 2.54 bits per heavy atom. The number of rotatable bonds is 1. The van der Waals surface area contributed by atoms with Crippen molar-refractivity contribution in [1.82, 2.24) is 0 Å². The molecule has 3 nitrogen and oxygen atoms in total. The maximum Gasteiger partial charge on any atom is 0.344 e. The van der Waals surface area contributed by atoms with E-state index in [1.807, 2.05) is 49.4 Å². The van der Waals surface area contributed by atoms with E-state index in [4.69, 9.17) is 4.74 Å². The number of hydrogen-bond donors (Lipinski definition) is 0. The smallest absolute Gasteiger partial charge is 0.344 e. The molecule has 0 N–H and O–H groups in total. The van der Waals surface area contributed by atoms with Crippen LogP contribution in [0.15, 0.2) is 61.2 Å². The first-order chi connectivity index (χ1) is 11.6. The summed E-state index contributed by atoms with van der Waals surface area (Å²) in [6, 6.07) is 11.2. The SMILES string of the molecule is C=C1OC(=O)c2cccc(-c3ccc4c(c3)C(=O)C=C/C4=C\C)c21. The minimum atomic E-state index is -0.384. The van der Waals surface area contributed by atoms with Crippen molar-refractivity contribution >= 4 is 23.1 Å². The van der Waals surface area contributed by atoms with Crippen LogP contribution < -0.4 is 0 Å². The lowest BCUT2D eigenvalue weighted by Gasteiger charge is -2.15.